The number of anilines is 1. The van der Waals surface area contributed by atoms with Crippen LogP contribution in [-0.4, -0.2) is 6.10 Å². The first-order chi connectivity index (χ1) is 8.56. The van der Waals surface area contributed by atoms with Crippen LogP contribution in [0.15, 0.2) is 42.5 Å². The summed E-state index contributed by atoms with van der Waals surface area (Å²) < 4.78 is 5.60. The normalized spacial score (nSPS) is 10.7. The zero-order valence-electron chi connectivity index (χ0n) is 10.5. The first kappa shape index (κ1) is 12.8. The molecule has 0 saturated carbocycles. The summed E-state index contributed by atoms with van der Waals surface area (Å²) in [5.41, 5.74) is 8.65. The summed E-state index contributed by atoms with van der Waals surface area (Å²) in [4.78, 5) is 0. The highest BCUT2D eigenvalue weighted by Gasteiger charge is 2.04. The number of rotatable bonds is 3. The Hall–Kier alpha value is -1.67. The molecule has 0 aliphatic rings. The van der Waals surface area contributed by atoms with Gasteiger partial charge >= 0.3 is 0 Å². The van der Waals surface area contributed by atoms with E-state index in [0.717, 1.165) is 22.6 Å². The molecule has 94 valence electrons. The highest BCUT2D eigenvalue weighted by molar-refractivity contribution is 6.31. The molecule has 0 aliphatic carbocycles. The van der Waals surface area contributed by atoms with Gasteiger partial charge in [0.15, 0.2) is 0 Å². The van der Waals surface area contributed by atoms with Crippen LogP contribution in [0.1, 0.15) is 13.8 Å². The van der Waals surface area contributed by atoms with E-state index < -0.39 is 0 Å². The lowest BCUT2D eigenvalue weighted by atomic mass is 10.0. The maximum Gasteiger partial charge on any atom is 0.119 e. The Balaban J connectivity index is 2.31. The molecular formula is C15H16ClNO. The fourth-order valence-corrected chi connectivity index (χ4v) is 1.94. The predicted octanol–water partition coefficient (Wildman–Crippen LogP) is 4.38. The molecule has 0 heterocycles. The summed E-state index contributed by atoms with van der Waals surface area (Å²) in [5.74, 6) is 0.856. The number of halogens is 1. The van der Waals surface area contributed by atoms with Gasteiger partial charge in [0.05, 0.1) is 6.10 Å². The molecular weight excluding hydrogens is 246 g/mol. The minimum atomic E-state index is 0.173. The van der Waals surface area contributed by atoms with E-state index in [-0.39, 0.29) is 6.10 Å². The van der Waals surface area contributed by atoms with E-state index in [1.54, 1.807) is 6.07 Å². The van der Waals surface area contributed by atoms with Crippen molar-refractivity contribution in [3.05, 3.63) is 47.5 Å². The van der Waals surface area contributed by atoms with E-state index in [1.165, 1.54) is 0 Å². The van der Waals surface area contributed by atoms with E-state index in [2.05, 4.69) is 0 Å². The van der Waals surface area contributed by atoms with Crippen LogP contribution in [0.4, 0.5) is 5.69 Å². The van der Waals surface area contributed by atoms with Gasteiger partial charge in [0, 0.05) is 16.3 Å². The SMILES string of the molecule is CC(C)Oc1ccc(-c2cc(Cl)ccc2N)cc1. The van der Waals surface area contributed by atoms with Gasteiger partial charge in [-0.05, 0) is 49.7 Å². The molecule has 0 radical (unpaired) electrons. The van der Waals surface area contributed by atoms with Gasteiger partial charge in [-0.1, -0.05) is 23.7 Å². The molecule has 2 N–H and O–H groups in total. The molecule has 0 unspecified atom stereocenters. The summed E-state index contributed by atoms with van der Waals surface area (Å²) in [6, 6.07) is 13.3. The lowest BCUT2D eigenvalue weighted by Gasteiger charge is -2.11. The van der Waals surface area contributed by atoms with Crippen LogP contribution in [0.2, 0.25) is 5.02 Å². The van der Waals surface area contributed by atoms with Crippen molar-refractivity contribution in [2.45, 2.75) is 20.0 Å². The van der Waals surface area contributed by atoms with Crippen molar-refractivity contribution in [1.82, 2.24) is 0 Å². The second kappa shape index (κ2) is 5.32. The molecule has 0 spiro atoms. The highest BCUT2D eigenvalue weighted by Crippen LogP contribution is 2.30. The molecule has 0 fully saturated rings. The minimum Gasteiger partial charge on any atom is -0.491 e. The van der Waals surface area contributed by atoms with E-state index in [9.17, 15) is 0 Å². The van der Waals surface area contributed by atoms with Crippen LogP contribution in [-0.2, 0) is 0 Å². The maximum absolute atomic E-state index is 5.99. The first-order valence-corrected chi connectivity index (χ1v) is 6.26. The Bertz CT molecular complexity index is 535. The molecule has 2 aromatic carbocycles. The van der Waals surface area contributed by atoms with Crippen molar-refractivity contribution in [2.24, 2.45) is 0 Å². The van der Waals surface area contributed by atoms with Gasteiger partial charge in [0.25, 0.3) is 0 Å². The number of nitrogen functional groups attached to an aromatic ring is 1. The van der Waals surface area contributed by atoms with Crippen LogP contribution in [0.5, 0.6) is 5.75 Å². The van der Waals surface area contributed by atoms with Gasteiger partial charge in [0.2, 0.25) is 0 Å². The third-order valence-electron chi connectivity index (χ3n) is 2.55. The van der Waals surface area contributed by atoms with Crippen LogP contribution in [0, 0.1) is 0 Å². The molecule has 0 bridgehead atoms. The second-order valence-electron chi connectivity index (χ2n) is 4.42. The summed E-state index contributed by atoms with van der Waals surface area (Å²) in [5, 5.41) is 0.682. The Morgan fingerprint density at radius 3 is 2.33 bits per heavy atom. The highest BCUT2D eigenvalue weighted by atomic mass is 35.5. The third-order valence-corrected chi connectivity index (χ3v) is 2.79. The maximum atomic E-state index is 5.99. The van der Waals surface area contributed by atoms with Crippen LogP contribution < -0.4 is 10.5 Å². The number of benzene rings is 2. The van der Waals surface area contributed by atoms with Gasteiger partial charge in [-0.2, -0.15) is 0 Å². The minimum absolute atomic E-state index is 0.173. The van der Waals surface area contributed by atoms with Gasteiger partial charge in [-0.15, -0.1) is 0 Å². The predicted molar refractivity (Wildman–Crippen MR) is 77.1 cm³/mol. The van der Waals surface area contributed by atoms with Crippen LogP contribution in [0.25, 0.3) is 11.1 Å². The molecule has 3 heteroatoms. The van der Waals surface area contributed by atoms with Crippen molar-refractivity contribution in [3.63, 3.8) is 0 Å². The Labute approximate surface area is 112 Å². The van der Waals surface area contributed by atoms with Gasteiger partial charge in [0.1, 0.15) is 5.75 Å². The van der Waals surface area contributed by atoms with E-state index in [1.807, 2.05) is 50.2 Å². The summed E-state index contributed by atoms with van der Waals surface area (Å²) in [6.45, 7) is 4.01. The number of hydrogen-bond donors (Lipinski definition) is 1. The Morgan fingerprint density at radius 1 is 1.06 bits per heavy atom. The molecule has 0 amide bonds. The first-order valence-electron chi connectivity index (χ1n) is 5.88. The third kappa shape index (κ3) is 2.96. The summed E-state index contributed by atoms with van der Waals surface area (Å²) in [6.07, 6.45) is 0.173. The van der Waals surface area contributed by atoms with Crippen molar-refractivity contribution < 1.29 is 4.74 Å². The Kier molecular flexibility index (Phi) is 3.78. The molecule has 2 rings (SSSR count). The molecule has 0 saturated heterocycles. The lowest BCUT2D eigenvalue weighted by molar-refractivity contribution is 0.242. The van der Waals surface area contributed by atoms with E-state index in [4.69, 9.17) is 22.1 Å². The second-order valence-corrected chi connectivity index (χ2v) is 4.86. The number of ether oxygens (including phenoxy) is 1. The molecule has 0 aromatic heterocycles. The largest absolute Gasteiger partial charge is 0.491 e. The average molecular weight is 262 g/mol. The zero-order chi connectivity index (χ0) is 13.1. The lowest BCUT2D eigenvalue weighted by Crippen LogP contribution is -2.05. The topological polar surface area (TPSA) is 35.2 Å². The fraction of sp³-hybridized carbons (Fsp3) is 0.200. The van der Waals surface area contributed by atoms with Gasteiger partial charge in [-0.25, -0.2) is 0 Å². The van der Waals surface area contributed by atoms with Crippen molar-refractivity contribution in [3.8, 4) is 16.9 Å². The van der Waals surface area contributed by atoms with E-state index >= 15 is 0 Å². The molecule has 18 heavy (non-hydrogen) atoms. The number of hydrogen-bond acceptors (Lipinski definition) is 2. The molecule has 2 nitrogen and oxygen atoms in total. The molecule has 0 aliphatic heterocycles. The van der Waals surface area contributed by atoms with Crippen LogP contribution >= 0.6 is 11.6 Å². The van der Waals surface area contributed by atoms with Crippen molar-refractivity contribution >= 4 is 17.3 Å². The Morgan fingerprint density at radius 2 is 1.72 bits per heavy atom. The fourth-order valence-electron chi connectivity index (χ4n) is 1.76. The zero-order valence-corrected chi connectivity index (χ0v) is 11.2. The number of nitrogens with two attached hydrogens (primary N) is 1. The monoisotopic (exact) mass is 261 g/mol. The molecule has 2 aromatic rings. The van der Waals surface area contributed by atoms with Gasteiger partial charge < -0.3 is 10.5 Å². The van der Waals surface area contributed by atoms with Crippen LogP contribution in [0.3, 0.4) is 0 Å². The average Bonchev–Trinajstić information content (AvgIpc) is 2.33. The van der Waals surface area contributed by atoms with Gasteiger partial charge in [-0.3, -0.25) is 0 Å². The van der Waals surface area contributed by atoms with Crippen molar-refractivity contribution in [1.29, 1.82) is 0 Å². The van der Waals surface area contributed by atoms with Crippen molar-refractivity contribution in [2.75, 3.05) is 5.73 Å². The quantitative estimate of drug-likeness (QED) is 0.833. The van der Waals surface area contributed by atoms with E-state index in [0.29, 0.717) is 5.02 Å². The summed E-state index contributed by atoms with van der Waals surface area (Å²) >= 11 is 5.99. The standard InChI is InChI=1S/C15H16ClNO/c1-10(2)18-13-6-3-11(4-7-13)14-9-12(16)5-8-15(14)17/h3-10H,17H2,1-2H3. The smallest absolute Gasteiger partial charge is 0.119 e. The summed E-state index contributed by atoms with van der Waals surface area (Å²) in [7, 11) is 0. The molecule has 0 atom stereocenters.